The smallest absolute Gasteiger partial charge is 0.186 e. The first-order valence-corrected chi connectivity index (χ1v) is 7.94. The summed E-state index contributed by atoms with van der Waals surface area (Å²) < 4.78 is 15.7. The Balaban J connectivity index is 2.34. The monoisotopic (exact) mass is 357 g/mol. The molecule has 0 aliphatic carbocycles. The van der Waals surface area contributed by atoms with Crippen molar-refractivity contribution in [1.29, 1.82) is 0 Å². The van der Waals surface area contributed by atoms with Crippen molar-refractivity contribution in [2.45, 2.75) is 0 Å². The fraction of sp³-hybridized carbons (Fsp3) is 0.250. The summed E-state index contributed by atoms with van der Waals surface area (Å²) in [6.07, 6.45) is 3.08. The van der Waals surface area contributed by atoms with Gasteiger partial charge in [-0.2, -0.15) is 0 Å². The van der Waals surface area contributed by atoms with Gasteiger partial charge in [0.15, 0.2) is 28.8 Å². The van der Waals surface area contributed by atoms with Gasteiger partial charge in [-0.1, -0.05) is 12.1 Å². The Morgan fingerprint density at radius 3 is 2.23 bits per heavy atom. The minimum atomic E-state index is -0.190. The molecule has 0 atom stereocenters. The van der Waals surface area contributed by atoms with Gasteiger partial charge in [0.05, 0.1) is 27.0 Å². The number of phenolic OH excluding ortho intramolecular Hbond substituents is 1. The third kappa shape index (κ3) is 4.08. The van der Waals surface area contributed by atoms with Crippen LogP contribution < -0.4 is 19.1 Å². The number of rotatable bonds is 7. The summed E-state index contributed by atoms with van der Waals surface area (Å²) in [5.74, 6) is 1.26. The molecule has 26 heavy (non-hydrogen) atoms. The molecule has 0 aliphatic heterocycles. The van der Waals surface area contributed by atoms with Gasteiger partial charge in [0, 0.05) is 19.7 Å². The van der Waals surface area contributed by atoms with E-state index < -0.39 is 0 Å². The van der Waals surface area contributed by atoms with Crippen molar-refractivity contribution in [3.05, 3.63) is 47.5 Å². The number of methoxy groups -OCH3 is 3. The van der Waals surface area contributed by atoms with Crippen molar-refractivity contribution in [3.63, 3.8) is 0 Å². The van der Waals surface area contributed by atoms with Crippen LogP contribution in [0.5, 0.6) is 23.0 Å². The zero-order valence-corrected chi connectivity index (χ0v) is 15.6. The van der Waals surface area contributed by atoms with E-state index >= 15 is 0 Å². The molecule has 0 radical (unpaired) electrons. The second-order valence-corrected chi connectivity index (χ2v) is 5.75. The fourth-order valence-corrected chi connectivity index (χ4v) is 2.50. The second-order valence-electron chi connectivity index (χ2n) is 5.75. The summed E-state index contributed by atoms with van der Waals surface area (Å²) in [4.78, 5) is 14.4. The summed E-state index contributed by atoms with van der Waals surface area (Å²) in [5.41, 5.74) is 1.90. The molecule has 0 bridgehead atoms. The Morgan fingerprint density at radius 2 is 1.69 bits per heavy atom. The van der Waals surface area contributed by atoms with E-state index in [4.69, 9.17) is 14.2 Å². The van der Waals surface area contributed by atoms with Crippen LogP contribution in [0.2, 0.25) is 0 Å². The molecule has 0 amide bonds. The first-order valence-electron chi connectivity index (χ1n) is 7.94. The molecule has 0 aromatic heterocycles. The molecule has 138 valence electrons. The Bertz CT molecular complexity index is 827. The van der Waals surface area contributed by atoms with Crippen molar-refractivity contribution in [1.82, 2.24) is 0 Å². The molecule has 1 N–H and O–H groups in total. The van der Waals surface area contributed by atoms with Crippen molar-refractivity contribution < 1.29 is 24.1 Å². The molecule has 6 nitrogen and oxygen atoms in total. The van der Waals surface area contributed by atoms with E-state index in [9.17, 15) is 9.90 Å². The number of carbonyl (C=O) groups is 1. The van der Waals surface area contributed by atoms with Gasteiger partial charge in [-0.25, -0.2) is 0 Å². The number of phenols is 1. The number of ether oxygens (including phenoxy) is 3. The predicted octanol–water partition coefficient (Wildman–Crippen LogP) is 3.38. The van der Waals surface area contributed by atoms with Crippen LogP contribution >= 0.6 is 0 Å². The SMILES string of the molecule is COc1ccc(/C=C/C(=O)c2cc(OC)c(OC)c(N(C)C)c2)cc1O. The molecule has 0 heterocycles. The molecular formula is C20H23NO5. The van der Waals surface area contributed by atoms with E-state index in [2.05, 4.69) is 0 Å². The Morgan fingerprint density at radius 1 is 1.00 bits per heavy atom. The number of anilines is 1. The highest BCUT2D eigenvalue weighted by Gasteiger charge is 2.16. The van der Waals surface area contributed by atoms with Crippen LogP contribution in [-0.4, -0.2) is 46.3 Å². The summed E-state index contributed by atoms with van der Waals surface area (Å²) in [6.45, 7) is 0. The normalized spacial score (nSPS) is 10.7. The summed E-state index contributed by atoms with van der Waals surface area (Å²) in [6, 6.07) is 8.31. The molecule has 0 spiro atoms. The minimum Gasteiger partial charge on any atom is -0.504 e. The third-order valence-electron chi connectivity index (χ3n) is 3.86. The number of benzene rings is 2. The topological polar surface area (TPSA) is 68.2 Å². The van der Waals surface area contributed by atoms with Crippen LogP contribution in [0.3, 0.4) is 0 Å². The number of nitrogens with zero attached hydrogens (tertiary/aromatic N) is 1. The molecule has 0 saturated heterocycles. The highest BCUT2D eigenvalue weighted by atomic mass is 16.5. The lowest BCUT2D eigenvalue weighted by molar-refractivity contribution is 0.104. The number of hydrogen-bond donors (Lipinski definition) is 1. The zero-order chi connectivity index (χ0) is 19.3. The number of carbonyl (C=O) groups excluding carboxylic acids is 1. The lowest BCUT2D eigenvalue weighted by Crippen LogP contribution is -2.12. The zero-order valence-electron chi connectivity index (χ0n) is 15.6. The largest absolute Gasteiger partial charge is 0.504 e. The van der Waals surface area contributed by atoms with Crippen LogP contribution in [0.15, 0.2) is 36.4 Å². The number of hydrogen-bond acceptors (Lipinski definition) is 6. The van der Waals surface area contributed by atoms with E-state index in [1.54, 1.807) is 37.5 Å². The Kier molecular flexibility index (Phi) is 6.11. The maximum absolute atomic E-state index is 12.6. The first kappa shape index (κ1) is 19.2. The van der Waals surface area contributed by atoms with Gasteiger partial charge in [-0.3, -0.25) is 4.79 Å². The number of ketones is 1. The average molecular weight is 357 g/mol. The highest BCUT2D eigenvalue weighted by molar-refractivity contribution is 6.08. The number of aromatic hydroxyl groups is 1. The van der Waals surface area contributed by atoms with Gasteiger partial charge in [-0.05, 0) is 35.9 Å². The van der Waals surface area contributed by atoms with E-state index in [1.165, 1.54) is 26.4 Å². The average Bonchev–Trinajstić information content (AvgIpc) is 2.64. The Hall–Kier alpha value is -3.15. The van der Waals surface area contributed by atoms with Crippen molar-refractivity contribution >= 4 is 17.5 Å². The van der Waals surface area contributed by atoms with Crippen LogP contribution in [-0.2, 0) is 0 Å². The van der Waals surface area contributed by atoms with Gasteiger partial charge in [-0.15, -0.1) is 0 Å². The maximum atomic E-state index is 12.6. The van der Waals surface area contributed by atoms with E-state index in [0.717, 1.165) is 5.69 Å². The van der Waals surface area contributed by atoms with Crippen molar-refractivity contribution in [2.24, 2.45) is 0 Å². The highest BCUT2D eigenvalue weighted by Crippen LogP contribution is 2.38. The molecule has 0 unspecified atom stereocenters. The lowest BCUT2D eigenvalue weighted by Gasteiger charge is -2.19. The standard InChI is InChI=1S/C20H23NO5/c1-21(2)15-11-14(12-19(25-4)20(15)26-5)16(22)8-6-13-7-9-18(24-3)17(23)10-13/h6-12,23H,1-5H3/b8-6+. The van der Waals surface area contributed by atoms with Gasteiger partial charge in [0.25, 0.3) is 0 Å². The van der Waals surface area contributed by atoms with E-state index in [1.807, 2.05) is 19.0 Å². The molecular weight excluding hydrogens is 334 g/mol. The van der Waals surface area contributed by atoms with E-state index in [-0.39, 0.29) is 11.5 Å². The molecule has 6 heteroatoms. The minimum absolute atomic E-state index is 0.0168. The van der Waals surface area contributed by atoms with Gasteiger partial charge < -0.3 is 24.2 Å². The molecule has 2 aromatic rings. The molecule has 2 rings (SSSR count). The lowest BCUT2D eigenvalue weighted by atomic mass is 10.1. The van der Waals surface area contributed by atoms with Gasteiger partial charge >= 0.3 is 0 Å². The third-order valence-corrected chi connectivity index (χ3v) is 3.86. The predicted molar refractivity (Wildman–Crippen MR) is 102 cm³/mol. The summed E-state index contributed by atoms with van der Waals surface area (Å²) in [7, 11) is 8.29. The maximum Gasteiger partial charge on any atom is 0.186 e. The quantitative estimate of drug-likeness (QED) is 0.605. The summed E-state index contributed by atoms with van der Waals surface area (Å²) >= 11 is 0. The van der Waals surface area contributed by atoms with Crippen molar-refractivity contribution in [2.75, 3.05) is 40.3 Å². The van der Waals surface area contributed by atoms with Crippen LogP contribution in [0.1, 0.15) is 15.9 Å². The van der Waals surface area contributed by atoms with Gasteiger partial charge in [0.1, 0.15) is 0 Å². The molecule has 2 aromatic carbocycles. The fourth-order valence-electron chi connectivity index (χ4n) is 2.50. The summed E-state index contributed by atoms with van der Waals surface area (Å²) in [5, 5.41) is 9.82. The van der Waals surface area contributed by atoms with E-state index in [0.29, 0.717) is 28.4 Å². The van der Waals surface area contributed by atoms with Crippen molar-refractivity contribution in [3.8, 4) is 23.0 Å². The Labute approximate surface area is 153 Å². The number of allylic oxidation sites excluding steroid dienone is 1. The second kappa shape index (κ2) is 8.29. The van der Waals surface area contributed by atoms with Crippen LogP contribution in [0, 0.1) is 0 Å². The first-order chi connectivity index (χ1) is 12.4. The molecule has 0 fully saturated rings. The van der Waals surface area contributed by atoms with Gasteiger partial charge in [0.2, 0.25) is 0 Å². The molecule has 0 saturated carbocycles. The van der Waals surface area contributed by atoms with Crippen LogP contribution in [0.25, 0.3) is 6.08 Å². The molecule has 0 aliphatic rings. The van der Waals surface area contributed by atoms with Crippen LogP contribution in [0.4, 0.5) is 5.69 Å².